The summed E-state index contributed by atoms with van der Waals surface area (Å²) in [5.74, 6) is -0.259. The Morgan fingerprint density at radius 1 is 1.13 bits per heavy atom. The number of ether oxygens (including phenoxy) is 1. The summed E-state index contributed by atoms with van der Waals surface area (Å²) in [4.78, 5) is 16.4. The highest BCUT2D eigenvalue weighted by Gasteiger charge is 2.36. The van der Waals surface area contributed by atoms with Gasteiger partial charge in [-0.05, 0) is 44.3 Å². The van der Waals surface area contributed by atoms with Gasteiger partial charge >= 0.3 is 6.61 Å². The van der Waals surface area contributed by atoms with Crippen LogP contribution in [0.3, 0.4) is 0 Å². The van der Waals surface area contributed by atoms with Gasteiger partial charge in [0.25, 0.3) is 5.91 Å². The van der Waals surface area contributed by atoms with E-state index >= 15 is 0 Å². The number of nitrogens with zero attached hydrogens (tertiary/aromatic N) is 2. The van der Waals surface area contributed by atoms with Gasteiger partial charge in [0.2, 0.25) is 0 Å². The number of likely N-dealkylation sites (N-methyl/N-ethyl adjacent to an activating group) is 1. The number of hydrogen-bond donors (Lipinski definition) is 1. The summed E-state index contributed by atoms with van der Waals surface area (Å²) in [6, 6.07) is 13.4. The van der Waals surface area contributed by atoms with Crippen molar-refractivity contribution in [3.8, 4) is 5.75 Å². The standard InChI is InChI=1S/C22H23F2N3O2S/c1-13-9-11-15(12-10-13)27-14(2)18(20(28)26(3)4)19(25-22(27)30)16-7-5-6-8-17(16)29-21(23)24/h5-12,19,21H,1-4H3,(H,25,30)/t19-/m1/s1. The Bertz CT molecular complexity index is 990. The van der Waals surface area contributed by atoms with Crippen LogP contribution in [0.5, 0.6) is 5.75 Å². The maximum absolute atomic E-state index is 13.1. The number of halogens is 2. The van der Waals surface area contributed by atoms with E-state index < -0.39 is 12.7 Å². The van der Waals surface area contributed by atoms with Crippen LogP contribution in [-0.2, 0) is 4.79 Å². The van der Waals surface area contributed by atoms with E-state index in [4.69, 9.17) is 17.0 Å². The zero-order chi connectivity index (χ0) is 22.0. The second-order valence-corrected chi connectivity index (χ2v) is 7.56. The van der Waals surface area contributed by atoms with Gasteiger partial charge in [0.05, 0.1) is 11.6 Å². The van der Waals surface area contributed by atoms with Crippen molar-refractivity contribution in [3.05, 3.63) is 70.9 Å². The molecule has 8 heteroatoms. The summed E-state index contributed by atoms with van der Waals surface area (Å²) in [5.41, 5.74) is 3.33. The number of benzene rings is 2. The molecule has 1 atom stereocenters. The van der Waals surface area contributed by atoms with Crippen molar-refractivity contribution < 1.29 is 18.3 Å². The Morgan fingerprint density at radius 2 is 1.77 bits per heavy atom. The smallest absolute Gasteiger partial charge is 0.387 e. The SMILES string of the molecule is CC1=C(C(=O)N(C)C)[C@@H](c2ccccc2OC(F)F)NC(=S)N1c1ccc(C)cc1. The van der Waals surface area contributed by atoms with Crippen LogP contribution in [0.1, 0.15) is 24.1 Å². The number of para-hydroxylation sites is 1. The third-order valence-electron chi connectivity index (χ3n) is 4.86. The molecule has 0 aliphatic carbocycles. The molecule has 1 aliphatic heterocycles. The number of alkyl halides is 2. The van der Waals surface area contributed by atoms with E-state index in [9.17, 15) is 13.6 Å². The predicted molar refractivity (Wildman–Crippen MR) is 117 cm³/mol. The van der Waals surface area contributed by atoms with Crippen LogP contribution >= 0.6 is 12.2 Å². The molecule has 1 amide bonds. The fourth-order valence-electron chi connectivity index (χ4n) is 3.42. The minimum absolute atomic E-state index is 0.00607. The van der Waals surface area contributed by atoms with Gasteiger partial charge in [-0.1, -0.05) is 35.9 Å². The van der Waals surface area contributed by atoms with Gasteiger partial charge in [-0.3, -0.25) is 9.69 Å². The molecular weight excluding hydrogens is 408 g/mol. The van der Waals surface area contributed by atoms with Gasteiger partial charge in [-0.2, -0.15) is 8.78 Å². The third kappa shape index (κ3) is 4.28. The first kappa shape index (κ1) is 21.7. The zero-order valence-corrected chi connectivity index (χ0v) is 18.0. The molecule has 0 saturated carbocycles. The third-order valence-corrected chi connectivity index (χ3v) is 5.16. The van der Waals surface area contributed by atoms with Crippen molar-refractivity contribution in [1.29, 1.82) is 0 Å². The highest BCUT2D eigenvalue weighted by atomic mass is 32.1. The summed E-state index contributed by atoms with van der Waals surface area (Å²) >= 11 is 5.60. The second kappa shape index (κ2) is 8.79. The molecule has 1 aliphatic rings. The number of hydrogen-bond acceptors (Lipinski definition) is 3. The molecular formula is C22H23F2N3O2S. The van der Waals surface area contributed by atoms with Gasteiger partial charge in [0.1, 0.15) is 5.75 Å². The van der Waals surface area contributed by atoms with Gasteiger partial charge in [-0.15, -0.1) is 0 Å². The van der Waals surface area contributed by atoms with Crippen LogP contribution in [0.15, 0.2) is 59.8 Å². The Kier molecular flexibility index (Phi) is 6.36. The van der Waals surface area contributed by atoms with E-state index in [0.717, 1.165) is 11.3 Å². The van der Waals surface area contributed by atoms with Crippen molar-refractivity contribution in [2.45, 2.75) is 26.5 Å². The number of nitrogens with one attached hydrogen (secondary N) is 1. The number of carbonyl (C=O) groups is 1. The number of thiocarbonyl (C=S) groups is 1. The van der Waals surface area contributed by atoms with Gasteiger partial charge in [-0.25, -0.2) is 0 Å². The van der Waals surface area contributed by atoms with E-state index in [1.54, 1.807) is 44.1 Å². The minimum Gasteiger partial charge on any atom is -0.434 e. The van der Waals surface area contributed by atoms with Gasteiger partial charge < -0.3 is 15.0 Å². The number of allylic oxidation sites excluding steroid dienone is 1. The molecule has 1 heterocycles. The van der Waals surface area contributed by atoms with E-state index in [1.807, 2.05) is 31.2 Å². The molecule has 2 aromatic rings. The Morgan fingerprint density at radius 3 is 2.37 bits per heavy atom. The minimum atomic E-state index is -2.98. The average Bonchev–Trinajstić information content (AvgIpc) is 2.68. The van der Waals surface area contributed by atoms with Crippen molar-refractivity contribution in [2.75, 3.05) is 19.0 Å². The number of amides is 1. The highest BCUT2D eigenvalue weighted by Crippen LogP contribution is 2.38. The summed E-state index contributed by atoms with van der Waals surface area (Å²) in [5, 5.41) is 3.52. The summed E-state index contributed by atoms with van der Waals surface area (Å²) in [7, 11) is 3.29. The number of rotatable bonds is 5. The maximum Gasteiger partial charge on any atom is 0.387 e. The number of aryl methyl sites for hydroxylation is 1. The highest BCUT2D eigenvalue weighted by molar-refractivity contribution is 7.80. The lowest BCUT2D eigenvalue weighted by molar-refractivity contribution is -0.125. The quantitative estimate of drug-likeness (QED) is 0.712. The van der Waals surface area contributed by atoms with E-state index in [-0.39, 0.29) is 11.7 Å². The molecule has 0 fully saturated rings. The Hall–Kier alpha value is -3.00. The summed E-state index contributed by atoms with van der Waals surface area (Å²) in [6.45, 7) is 0.799. The first-order chi connectivity index (χ1) is 14.2. The molecule has 5 nitrogen and oxygen atoms in total. The lowest BCUT2D eigenvalue weighted by Gasteiger charge is -2.39. The van der Waals surface area contributed by atoms with E-state index in [2.05, 4.69) is 5.32 Å². The molecule has 1 N–H and O–H groups in total. The van der Waals surface area contributed by atoms with Crippen LogP contribution in [0, 0.1) is 6.92 Å². The zero-order valence-electron chi connectivity index (χ0n) is 17.1. The summed E-state index contributed by atoms with van der Waals surface area (Å²) < 4.78 is 30.6. The molecule has 0 aromatic heterocycles. The van der Waals surface area contributed by atoms with Crippen molar-refractivity contribution in [2.24, 2.45) is 0 Å². The topological polar surface area (TPSA) is 44.8 Å². The monoisotopic (exact) mass is 431 g/mol. The molecule has 30 heavy (non-hydrogen) atoms. The molecule has 3 rings (SSSR count). The lowest BCUT2D eigenvalue weighted by atomic mass is 9.93. The average molecular weight is 432 g/mol. The van der Waals surface area contributed by atoms with Gasteiger partial charge in [0.15, 0.2) is 5.11 Å². The van der Waals surface area contributed by atoms with E-state index in [0.29, 0.717) is 21.9 Å². The van der Waals surface area contributed by atoms with Crippen LogP contribution in [0.25, 0.3) is 0 Å². The first-order valence-corrected chi connectivity index (χ1v) is 9.75. The second-order valence-electron chi connectivity index (χ2n) is 7.17. The first-order valence-electron chi connectivity index (χ1n) is 9.34. The Balaban J connectivity index is 2.17. The van der Waals surface area contributed by atoms with E-state index in [1.165, 1.54) is 11.0 Å². The van der Waals surface area contributed by atoms with Crippen molar-refractivity contribution >= 4 is 28.9 Å². The summed E-state index contributed by atoms with van der Waals surface area (Å²) in [6.07, 6.45) is 0. The van der Waals surface area contributed by atoms with Crippen LogP contribution in [0.2, 0.25) is 0 Å². The van der Waals surface area contributed by atoms with Gasteiger partial charge in [0, 0.05) is 31.0 Å². The molecule has 0 unspecified atom stereocenters. The fraction of sp³-hybridized carbons (Fsp3) is 0.273. The fourth-order valence-corrected chi connectivity index (χ4v) is 3.78. The largest absolute Gasteiger partial charge is 0.434 e. The molecule has 0 saturated heterocycles. The van der Waals surface area contributed by atoms with Crippen molar-refractivity contribution in [1.82, 2.24) is 10.2 Å². The maximum atomic E-state index is 13.1. The predicted octanol–water partition coefficient (Wildman–Crippen LogP) is 4.39. The lowest BCUT2D eigenvalue weighted by Crippen LogP contribution is -2.49. The molecule has 158 valence electrons. The molecule has 2 aromatic carbocycles. The van der Waals surface area contributed by atoms with Crippen LogP contribution < -0.4 is 15.0 Å². The molecule has 0 radical (unpaired) electrons. The van der Waals surface area contributed by atoms with Crippen molar-refractivity contribution in [3.63, 3.8) is 0 Å². The van der Waals surface area contributed by atoms with Crippen LogP contribution in [-0.4, -0.2) is 36.6 Å². The normalized spacial score (nSPS) is 16.6. The molecule has 0 bridgehead atoms. The molecule has 0 spiro atoms. The number of anilines is 1. The van der Waals surface area contributed by atoms with Crippen LogP contribution in [0.4, 0.5) is 14.5 Å². The Labute approximate surface area is 179 Å². The number of carbonyl (C=O) groups excluding carboxylic acids is 1.